The van der Waals surface area contributed by atoms with Gasteiger partial charge in [-0.15, -0.1) is 0 Å². The quantitative estimate of drug-likeness (QED) is 0.838. The molecule has 0 atom stereocenters. The van der Waals surface area contributed by atoms with Gasteiger partial charge in [-0.25, -0.2) is 4.79 Å². The average Bonchev–Trinajstić information content (AvgIpc) is 2.47. The minimum Gasteiger partial charge on any atom is -0.332 e. The Hall–Kier alpha value is -2.69. The van der Waals surface area contributed by atoms with Gasteiger partial charge in [-0.2, -0.15) is 0 Å². The van der Waals surface area contributed by atoms with Crippen molar-refractivity contribution in [2.24, 2.45) is 0 Å². The summed E-state index contributed by atoms with van der Waals surface area (Å²) in [4.78, 5) is 26.9. The first kappa shape index (κ1) is 13.7. The highest BCUT2D eigenvalue weighted by Gasteiger charge is 2.03. The Balaban J connectivity index is 1.86. The summed E-state index contributed by atoms with van der Waals surface area (Å²) in [6.45, 7) is 1.86. The van der Waals surface area contributed by atoms with Gasteiger partial charge in [-0.3, -0.25) is 9.78 Å². The van der Waals surface area contributed by atoms with Crippen LogP contribution in [0.25, 0.3) is 0 Å². The Labute approximate surface area is 117 Å². The molecule has 0 aliphatic heterocycles. The van der Waals surface area contributed by atoms with E-state index in [0.29, 0.717) is 17.8 Å². The summed E-state index contributed by atoms with van der Waals surface area (Å²) in [5.74, 6) is -0.00356. The summed E-state index contributed by atoms with van der Waals surface area (Å²) in [6, 6.07) is 11.9. The van der Waals surface area contributed by atoms with E-state index in [2.05, 4.69) is 15.6 Å². The minimum absolute atomic E-state index is 0.00356. The molecule has 0 unspecified atom stereocenters. The molecule has 0 aliphatic carbocycles. The van der Waals surface area contributed by atoms with Crippen LogP contribution in [0.5, 0.6) is 0 Å². The number of hydrogen-bond acceptors (Lipinski definition) is 3. The number of aromatic nitrogens is 1. The number of benzene rings is 1. The van der Waals surface area contributed by atoms with Crippen LogP contribution in [0.3, 0.4) is 0 Å². The van der Waals surface area contributed by atoms with E-state index in [0.717, 1.165) is 5.69 Å². The highest BCUT2D eigenvalue weighted by atomic mass is 16.2. The Morgan fingerprint density at radius 2 is 1.85 bits per heavy atom. The molecule has 0 bridgehead atoms. The molecule has 1 aromatic heterocycles. The largest absolute Gasteiger partial charge is 0.332 e. The van der Waals surface area contributed by atoms with Crippen LogP contribution in [0.15, 0.2) is 48.7 Å². The second-order valence-corrected chi connectivity index (χ2v) is 4.26. The lowest BCUT2D eigenvalue weighted by Crippen LogP contribution is -2.28. The Kier molecular flexibility index (Phi) is 4.44. The SMILES string of the molecule is CC(=O)c1ccc(NC(=O)NCc2ccccn2)cc1. The molecule has 0 radical (unpaired) electrons. The molecule has 0 saturated heterocycles. The zero-order chi connectivity index (χ0) is 14.4. The lowest BCUT2D eigenvalue weighted by atomic mass is 10.1. The highest BCUT2D eigenvalue weighted by Crippen LogP contribution is 2.09. The minimum atomic E-state index is -0.314. The molecular weight excluding hydrogens is 254 g/mol. The van der Waals surface area contributed by atoms with Crippen molar-refractivity contribution in [1.29, 1.82) is 0 Å². The van der Waals surface area contributed by atoms with Gasteiger partial charge < -0.3 is 10.6 Å². The van der Waals surface area contributed by atoms with Crippen molar-refractivity contribution in [3.63, 3.8) is 0 Å². The first-order valence-corrected chi connectivity index (χ1v) is 6.21. The molecule has 20 heavy (non-hydrogen) atoms. The van der Waals surface area contributed by atoms with E-state index in [9.17, 15) is 9.59 Å². The zero-order valence-electron chi connectivity index (χ0n) is 11.1. The number of anilines is 1. The fourth-order valence-electron chi connectivity index (χ4n) is 1.64. The fourth-order valence-corrected chi connectivity index (χ4v) is 1.64. The topological polar surface area (TPSA) is 71.1 Å². The molecule has 2 aromatic rings. The predicted octanol–water partition coefficient (Wildman–Crippen LogP) is 2.61. The van der Waals surface area contributed by atoms with E-state index in [-0.39, 0.29) is 11.8 Å². The summed E-state index contributed by atoms with van der Waals surface area (Å²) >= 11 is 0. The molecule has 0 fully saturated rings. The number of amides is 2. The number of hydrogen-bond donors (Lipinski definition) is 2. The molecule has 0 spiro atoms. The van der Waals surface area contributed by atoms with E-state index in [1.165, 1.54) is 6.92 Å². The number of rotatable bonds is 4. The number of urea groups is 1. The lowest BCUT2D eigenvalue weighted by Gasteiger charge is -2.07. The molecule has 5 heteroatoms. The molecule has 2 amide bonds. The maximum Gasteiger partial charge on any atom is 0.319 e. The monoisotopic (exact) mass is 269 g/mol. The van der Waals surface area contributed by atoms with Crippen LogP contribution in [-0.4, -0.2) is 16.8 Å². The van der Waals surface area contributed by atoms with Crippen LogP contribution in [0.2, 0.25) is 0 Å². The second-order valence-electron chi connectivity index (χ2n) is 4.26. The van der Waals surface area contributed by atoms with Crippen molar-refractivity contribution in [1.82, 2.24) is 10.3 Å². The number of ketones is 1. The van der Waals surface area contributed by atoms with E-state index in [4.69, 9.17) is 0 Å². The van der Waals surface area contributed by atoms with Gasteiger partial charge in [-0.05, 0) is 43.3 Å². The fraction of sp³-hybridized carbons (Fsp3) is 0.133. The molecule has 2 rings (SSSR count). The Bertz CT molecular complexity index is 594. The second kappa shape index (κ2) is 6.47. The first-order valence-electron chi connectivity index (χ1n) is 6.21. The van der Waals surface area contributed by atoms with Gasteiger partial charge in [0.2, 0.25) is 0 Å². The number of nitrogens with zero attached hydrogens (tertiary/aromatic N) is 1. The van der Waals surface area contributed by atoms with Crippen LogP contribution in [0.1, 0.15) is 23.0 Å². The van der Waals surface area contributed by atoms with Gasteiger partial charge in [0.1, 0.15) is 0 Å². The summed E-state index contributed by atoms with van der Waals surface area (Å²) in [7, 11) is 0. The van der Waals surface area contributed by atoms with Crippen LogP contribution < -0.4 is 10.6 Å². The van der Waals surface area contributed by atoms with Crippen molar-refractivity contribution < 1.29 is 9.59 Å². The summed E-state index contributed by atoms with van der Waals surface area (Å²) in [6.07, 6.45) is 1.68. The Morgan fingerprint density at radius 1 is 1.10 bits per heavy atom. The van der Waals surface area contributed by atoms with Gasteiger partial charge in [-0.1, -0.05) is 6.07 Å². The van der Waals surface area contributed by atoms with Crippen molar-refractivity contribution in [2.45, 2.75) is 13.5 Å². The number of pyridine rings is 1. The highest BCUT2D eigenvalue weighted by molar-refractivity contribution is 5.95. The summed E-state index contributed by atoms with van der Waals surface area (Å²) < 4.78 is 0. The molecule has 1 aromatic carbocycles. The predicted molar refractivity (Wildman–Crippen MR) is 76.5 cm³/mol. The molecule has 0 saturated carbocycles. The summed E-state index contributed by atoms with van der Waals surface area (Å²) in [5.41, 5.74) is 2.03. The maximum atomic E-state index is 11.7. The van der Waals surface area contributed by atoms with Crippen LogP contribution >= 0.6 is 0 Å². The van der Waals surface area contributed by atoms with Crippen molar-refractivity contribution in [2.75, 3.05) is 5.32 Å². The number of carbonyl (C=O) groups excluding carboxylic acids is 2. The molecule has 102 valence electrons. The first-order chi connectivity index (χ1) is 9.65. The number of carbonyl (C=O) groups is 2. The normalized spacial score (nSPS) is 9.85. The third-order valence-electron chi connectivity index (χ3n) is 2.71. The van der Waals surface area contributed by atoms with Crippen LogP contribution in [-0.2, 0) is 6.54 Å². The van der Waals surface area contributed by atoms with Gasteiger partial charge in [0.05, 0.1) is 12.2 Å². The van der Waals surface area contributed by atoms with Crippen LogP contribution in [0, 0.1) is 0 Å². The number of Topliss-reactive ketones (excluding diaryl/α,β-unsaturated/α-hetero) is 1. The maximum absolute atomic E-state index is 11.7. The van der Waals surface area contributed by atoms with Gasteiger partial charge in [0.25, 0.3) is 0 Å². The zero-order valence-corrected chi connectivity index (χ0v) is 11.1. The van der Waals surface area contributed by atoms with Gasteiger partial charge in [0.15, 0.2) is 5.78 Å². The van der Waals surface area contributed by atoms with E-state index in [1.54, 1.807) is 30.5 Å². The van der Waals surface area contributed by atoms with E-state index >= 15 is 0 Å². The van der Waals surface area contributed by atoms with E-state index in [1.807, 2.05) is 18.2 Å². The van der Waals surface area contributed by atoms with Crippen molar-refractivity contribution >= 4 is 17.5 Å². The molecule has 2 N–H and O–H groups in total. The standard InChI is InChI=1S/C15H15N3O2/c1-11(19)12-5-7-13(8-6-12)18-15(20)17-10-14-4-2-3-9-16-14/h2-9H,10H2,1H3,(H2,17,18,20). The van der Waals surface area contributed by atoms with Gasteiger partial charge in [0, 0.05) is 17.4 Å². The molecular formula is C15H15N3O2. The van der Waals surface area contributed by atoms with Crippen molar-refractivity contribution in [3.8, 4) is 0 Å². The smallest absolute Gasteiger partial charge is 0.319 e. The average molecular weight is 269 g/mol. The van der Waals surface area contributed by atoms with Crippen LogP contribution in [0.4, 0.5) is 10.5 Å². The van der Waals surface area contributed by atoms with Crippen molar-refractivity contribution in [3.05, 3.63) is 59.9 Å². The molecule has 5 nitrogen and oxygen atoms in total. The Morgan fingerprint density at radius 3 is 2.45 bits per heavy atom. The lowest BCUT2D eigenvalue weighted by molar-refractivity contribution is 0.101. The van der Waals surface area contributed by atoms with Gasteiger partial charge >= 0.3 is 6.03 Å². The summed E-state index contributed by atoms with van der Waals surface area (Å²) in [5, 5.41) is 5.39. The third kappa shape index (κ3) is 3.91. The third-order valence-corrected chi connectivity index (χ3v) is 2.71. The molecule has 1 heterocycles. The van der Waals surface area contributed by atoms with E-state index < -0.39 is 0 Å². The number of nitrogens with one attached hydrogen (secondary N) is 2. The molecule has 0 aliphatic rings.